The average Bonchev–Trinajstić information content (AvgIpc) is 1.88. The molecule has 0 aromatic rings. The van der Waals surface area contributed by atoms with Gasteiger partial charge in [-0.2, -0.15) is 0 Å². The van der Waals surface area contributed by atoms with Crippen molar-refractivity contribution < 1.29 is 9.00 Å². The first kappa shape index (κ1) is 7.72. The van der Waals surface area contributed by atoms with E-state index in [0.717, 1.165) is 0 Å². The standard InChI is InChI=1S/C6H11NO2S/c7-6(8)5-1-3-10(9)4-2-5/h5H,1-4H2,(H2,7,8). The van der Waals surface area contributed by atoms with Gasteiger partial charge in [0, 0.05) is 28.2 Å². The topological polar surface area (TPSA) is 60.2 Å². The van der Waals surface area contributed by atoms with Crippen LogP contribution in [0.3, 0.4) is 0 Å². The van der Waals surface area contributed by atoms with Gasteiger partial charge in [-0.3, -0.25) is 9.00 Å². The van der Waals surface area contributed by atoms with E-state index in [9.17, 15) is 9.00 Å². The summed E-state index contributed by atoms with van der Waals surface area (Å²) in [4.78, 5) is 10.6. The van der Waals surface area contributed by atoms with Crippen molar-refractivity contribution in [3.05, 3.63) is 0 Å². The lowest BCUT2D eigenvalue weighted by Gasteiger charge is -2.17. The molecule has 1 amide bonds. The molecule has 0 aliphatic carbocycles. The maximum absolute atomic E-state index is 10.8. The summed E-state index contributed by atoms with van der Waals surface area (Å²) < 4.78 is 10.8. The van der Waals surface area contributed by atoms with Crippen molar-refractivity contribution >= 4 is 16.7 Å². The highest BCUT2D eigenvalue weighted by atomic mass is 32.2. The van der Waals surface area contributed by atoms with Gasteiger partial charge >= 0.3 is 0 Å². The summed E-state index contributed by atoms with van der Waals surface area (Å²) >= 11 is 0. The second-order valence-corrected chi connectivity index (χ2v) is 4.22. The Balaban J connectivity index is 2.40. The van der Waals surface area contributed by atoms with Gasteiger partial charge in [0.05, 0.1) is 0 Å². The van der Waals surface area contributed by atoms with E-state index in [4.69, 9.17) is 5.73 Å². The Bertz CT molecular complexity index is 159. The molecule has 1 aliphatic rings. The van der Waals surface area contributed by atoms with Crippen LogP contribution in [0.4, 0.5) is 0 Å². The van der Waals surface area contributed by atoms with Gasteiger partial charge in [-0.05, 0) is 12.8 Å². The molecule has 0 radical (unpaired) electrons. The SMILES string of the molecule is NC(=O)C1CCS(=O)CC1. The summed E-state index contributed by atoms with van der Waals surface area (Å²) in [7, 11) is -0.685. The predicted molar refractivity (Wildman–Crippen MR) is 39.8 cm³/mol. The third kappa shape index (κ3) is 1.80. The molecule has 0 aromatic carbocycles. The molecule has 10 heavy (non-hydrogen) atoms. The first-order valence-electron chi connectivity index (χ1n) is 3.34. The van der Waals surface area contributed by atoms with Gasteiger partial charge in [-0.15, -0.1) is 0 Å². The molecule has 3 nitrogen and oxygen atoms in total. The molecule has 58 valence electrons. The molecule has 1 heterocycles. The summed E-state index contributed by atoms with van der Waals surface area (Å²) in [6.07, 6.45) is 1.42. The molecule has 4 heteroatoms. The van der Waals surface area contributed by atoms with Gasteiger partial charge in [0.25, 0.3) is 0 Å². The summed E-state index contributed by atoms with van der Waals surface area (Å²) in [5, 5.41) is 0. The smallest absolute Gasteiger partial charge is 0.220 e. The minimum Gasteiger partial charge on any atom is -0.369 e. The Morgan fingerprint density at radius 1 is 1.40 bits per heavy atom. The van der Waals surface area contributed by atoms with Crippen molar-refractivity contribution in [3.8, 4) is 0 Å². The summed E-state index contributed by atoms with van der Waals surface area (Å²) in [5.74, 6) is 1.04. The van der Waals surface area contributed by atoms with Gasteiger partial charge in [0.1, 0.15) is 0 Å². The van der Waals surface area contributed by atoms with Crippen LogP contribution in [0.25, 0.3) is 0 Å². The highest BCUT2D eigenvalue weighted by Crippen LogP contribution is 2.15. The first-order chi connectivity index (χ1) is 4.70. The summed E-state index contributed by atoms with van der Waals surface area (Å²) in [6, 6.07) is 0. The number of amides is 1. The Labute approximate surface area is 62.4 Å². The van der Waals surface area contributed by atoms with E-state index < -0.39 is 10.8 Å². The molecular formula is C6H11NO2S. The van der Waals surface area contributed by atoms with Crippen LogP contribution in [0.1, 0.15) is 12.8 Å². The lowest BCUT2D eigenvalue weighted by atomic mass is 10.0. The van der Waals surface area contributed by atoms with E-state index >= 15 is 0 Å². The molecule has 1 saturated heterocycles. The van der Waals surface area contributed by atoms with E-state index in [1.165, 1.54) is 0 Å². The van der Waals surface area contributed by atoms with Crippen LogP contribution in [-0.2, 0) is 15.6 Å². The highest BCUT2D eigenvalue weighted by Gasteiger charge is 2.21. The Morgan fingerprint density at radius 3 is 2.30 bits per heavy atom. The van der Waals surface area contributed by atoms with Crippen LogP contribution >= 0.6 is 0 Å². The normalized spacial score (nSPS) is 33.6. The second-order valence-electron chi connectivity index (χ2n) is 2.52. The van der Waals surface area contributed by atoms with Crippen molar-refractivity contribution in [3.63, 3.8) is 0 Å². The number of primary amides is 1. The molecule has 0 bridgehead atoms. The lowest BCUT2D eigenvalue weighted by molar-refractivity contribution is -0.121. The Morgan fingerprint density at radius 2 is 1.90 bits per heavy atom. The van der Waals surface area contributed by atoms with E-state index in [2.05, 4.69) is 0 Å². The first-order valence-corrected chi connectivity index (χ1v) is 4.83. The van der Waals surface area contributed by atoms with Gasteiger partial charge in [0.15, 0.2) is 0 Å². The van der Waals surface area contributed by atoms with E-state index in [-0.39, 0.29) is 11.8 Å². The molecule has 0 atom stereocenters. The van der Waals surface area contributed by atoms with Crippen molar-refractivity contribution in [1.29, 1.82) is 0 Å². The molecule has 1 fully saturated rings. The third-order valence-corrected chi connectivity index (χ3v) is 3.17. The molecule has 0 unspecified atom stereocenters. The molecule has 0 spiro atoms. The number of carbonyl (C=O) groups excluding carboxylic acids is 1. The molecule has 2 N–H and O–H groups in total. The second kappa shape index (κ2) is 3.14. The van der Waals surface area contributed by atoms with E-state index in [1.807, 2.05) is 0 Å². The zero-order chi connectivity index (χ0) is 7.56. The van der Waals surface area contributed by atoms with Gasteiger partial charge < -0.3 is 5.73 Å². The number of nitrogens with two attached hydrogens (primary N) is 1. The molecular weight excluding hydrogens is 150 g/mol. The fourth-order valence-corrected chi connectivity index (χ4v) is 2.38. The highest BCUT2D eigenvalue weighted by molar-refractivity contribution is 7.85. The molecule has 1 aliphatic heterocycles. The van der Waals surface area contributed by atoms with Gasteiger partial charge in [0.2, 0.25) is 5.91 Å². The average molecular weight is 161 g/mol. The van der Waals surface area contributed by atoms with Crippen LogP contribution in [-0.4, -0.2) is 21.6 Å². The minimum absolute atomic E-state index is 0.0160. The minimum atomic E-state index is -0.685. The van der Waals surface area contributed by atoms with Crippen LogP contribution in [0.5, 0.6) is 0 Å². The van der Waals surface area contributed by atoms with Crippen LogP contribution < -0.4 is 5.73 Å². The summed E-state index contributed by atoms with van der Waals surface area (Å²) in [5.41, 5.74) is 5.07. The van der Waals surface area contributed by atoms with E-state index in [0.29, 0.717) is 24.3 Å². The maximum atomic E-state index is 10.8. The van der Waals surface area contributed by atoms with Crippen LogP contribution in [0.15, 0.2) is 0 Å². The van der Waals surface area contributed by atoms with Crippen molar-refractivity contribution in [2.45, 2.75) is 12.8 Å². The summed E-state index contributed by atoms with van der Waals surface area (Å²) in [6.45, 7) is 0. The number of hydrogen-bond donors (Lipinski definition) is 1. The number of carbonyl (C=O) groups is 1. The molecule has 0 aromatic heterocycles. The largest absolute Gasteiger partial charge is 0.369 e. The lowest BCUT2D eigenvalue weighted by Crippen LogP contribution is -2.29. The zero-order valence-corrected chi connectivity index (χ0v) is 6.52. The quantitative estimate of drug-likeness (QED) is 0.570. The van der Waals surface area contributed by atoms with E-state index in [1.54, 1.807) is 0 Å². The number of rotatable bonds is 1. The van der Waals surface area contributed by atoms with Crippen molar-refractivity contribution in [1.82, 2.24) is 0 Å². The van der Waals surface area contributed by atoms with Crippen LogP contribution in [0, 0.1) is 5.92 Å². The number of hydrogen-bond acceptors (Lipinski definition) is 2. The van der Waals surface area contributed by atoms with Crippen LogP contribution in [0.2, 0.25) is 0 Å². The zero-order valence-electron chi connectivity index (χ0n) is 5.71. The Hall–Kier alpha value is -0.380. The van der Waals surface area contributed by atoms with Crippen molar-refractivity contribution in [2.75, 3.05) is 11.5 Å². The van der Waals surface area contributed by atoms with Gasteiger partial charge in [-0.25, -0.2) is 0 Å². The van der Waals surface area contributed by atoms with Gasteiger partial charge in [-0.1, -0.05) is 0 Å². The maximum Gasteiger partial charge on any atom is 0.220 e. The molecule has 1 rings (SSSR count). The fraction of sp³-hybridized carbons (Fsp3) is 0.833. The predicted octanol–water partition coefficient (Wildman–Crippen LogP) is -0.370. The third-order valence-electron chi connectivity index (χ3n) is 1.79. The molecule has 0 saturated carbocycles. The van der Waals surface area contributed by atoms with Crippen molar-refractivity contribution in [2.24, 2.45) is 11.7 Å². The monoisotopic (exact) mass is 161 g/mol. The fourth-order valence-electron chi connectivity index (χ4n) is 1.08. The Kier molecular flexibility index (Phi) is 2.43.